The van der Waals surface area contributed by atoms with Gasteiger partial charge in [-0.1, -0.05) is 12.1 Å². The van der Waals surface area contributed by atoms with Crippen molar-refractivity contribution in [2.75, 3.05) is 5.73 Å². The van der Waals surface area contributed by atoms with E-state index in [4.69, 9.17) is 15.2 Å². The first-order chi connectivity index (χ1) is 15.7. The molecule has 5 rings (SSSR count). The van der Waals surface area contributed by atoms with E-state index in [0.29, 0.717) is 12.2 Å². The molecule has 0 unspecified atom stereocenters. The molecule has 3 aromatic rings. The zero-order valence-corrected chi connectivity index (χ0v) is 20.4. The fraction of sp³-hybridized carbons (Fsp3) is 0.385. The topological polar surface area (TPSA) is 70.3 Å². The van der Waals surface area contributed by atoms with Crippen molar-refractivity contribution in [1.82, 2.24) is 9.97 Å². The van der Waals surface area contributed by atoms with Crippen molar-refractivity contribution in [3.8, 4) is 22.9 Å². The Morgan fingerprint density at radius 2 is 1.25 bits per heavy atom. The highest BCUT2D eigenvalue weighted by Crippen LogP contribution is 2.31. The molecule has 0 spiro atoms. The first-order valence-electron chi connectivity index (χ1n) is 11.4. The highest BCUT2D eigenvalue weighted by molar-refractivity contribution is 14.1. The number of anilines is 1. The Bertz CT molecular complexity index is 984. The molecule has 2 fully saturated rings. The Morgan fingerprint density at radius 1 is 0.719 bits per heavy atom. The molecule has 2 aliphatic carbocycles. The second kappa shape index (κ2) is 11.5. The van der Waals surface area contributed by atoms with Crippen LogP contribution < -0.4 is 15.2 Å². The van der Waals surface area contributed by atoms with Crippen LogP contribution in [0.5, 0.6) is 11.8 Å². The van der Waals surface area contributed by atoms with Crippen LogP contribution in [0.2, 0.25) is 0 Å². The number of nitrogens with zero attached hydrogens (tertiary/aromatic N) is 2. The van der Waals surface area contributed by atoms with Gasteiger partial charge in [0.25, 0.3) is 0 Å². The lowest BCUT2D eigenvalue weighted by Gasteiger charge is -2.15. The average Bonchev–Trinajstić information content (AvgIpc) is 3.52. The molecule has 2 saturated carbocycles. The van der Waals surface area contributed by atoms with Crippen LogP contribution in [0.1, 0.15) is 51.4 Å². The fourth-order valence-corrected chi connectivity index (χ4v) is 4.63. The summed E-state index contributed by atoms with van der Waals surface area (Å²) in [6.07, 6.45) is 14.1. The number of benzene rings is 1. The predicted octanol–water partition coefficient (Wildman–Crippen LogP) is 6.66. The average molecular weight is 543 g/mol. The van der Waals surface area contributed by atoms with E-state index in [-0.39, 0.29) is 0 Å². The Morgan fingerprint density at radius 3 is 1.84 bits per heavy atom. The highest BCUT2D eigenvalue weighted by atomic mass is 127. The summed E-state index contributed by atoms with van der Waals surface area (Å²) in [5, 5.41) is 0. The number of nitrogen functional groups attached to an aromatic ring is 1. The van der Waals surface area contributed by atoms with Gasteiger partial charge in [-0.3, -0.25) is 0 Å². The van der Waals surface area contributed by atoms with E-state index in [2.05, 4.69) is 32.6 Å². The molecule has 32 heavy (non-hydrogen) atoms. The van der Waals surface area contributed by atoms with Crippen LogP contribution in [0.3, 0.4) is 0 Å². The van der Waals surface area contributed by atoms with Crippen LogP contribution >= 0.6 is 22.6 Å². The summed E-state index contributed by atoms with van der Waals surface area (Å²) in [7, 11) is 0. The monoisotopic (exact) mass is 543 g/mol. The van der Waals surface area contributed by atoms with Crippen LogP contribution in [0.15, 0.2) is 60.9 Å². The maximum Gasteiger partial charge on any atom is 0.227 e. The van der Waals surface area contributed by atoms with Gasteiger partial charge in [0.2, 0.25) is 11.8 Å². The smallest absolute Gasteiger partial charge is 0.227 e. The van der Waals surface area contributed by atoms with E-state index in [1.807, 2.05) is 48.5 Å². The highest BCUT2D eigenvalue weighted by Gasteiger charge is 2.19. The number of pyridine rings is 2. The molecule has 168 valence electrons. The van der Waals surface area contributed by atoms with Crippen molar-refractivity contribution in [2.24, 2.45) is 0 Å². The van der Waals surface area contributed by atoms with Gasteiger partial charge in [-0.15, -0.1) is 0 Å². The molecule has 2 N–H and O–H groups in total. The second-order valence-electron chi connectivity index (χ2n) is 8.32. The molecular weight excluding hydrogens is 513 g/mol. The number of hydrogen-bond acceptors (Lipinski definition) is 5. The molecule has 0 amide bonds. The third-order valence-electron chi connectivity index (χ3n) is 5.88. The molecule has 5 nitrogen and oxygen atoms in total. The third kappa shape index (κ3) is 6.34. The molecule has 2 aromatic heterocycles. The molecule has 0 atom stereocenters. The summed E-state index contributed by atoms with van der Waals surface area (Å²) >= 11 is 2.26. The first kappa shape index (κ1) is 22.8. The molecule has 0 bridgehead atoms. The van der Waals surface area contributed by atoms with Crippen molar-refractivity contribution < 1.29 is 9.47 Å². The molecular formula is C26H30IN3O2. The number of hydrogen-bond donors (Lipinski definition) is 1. The number of nitrogens with two attached hydrogens (primary N) is 1. The maximum atomic E-state index is 6.05. The SMILES string of the molecule is Ic1cccnc1OC1CCCC1.Nc1ccc(-c2cccnc2OC2CCCC2)cc1. The van der Waals surface area contributed by atoms with Crippen LogP contribution in [0.25, 0.3) is 11.1 Å². The minimum absolute atomic E-state index is 0.322. The van der Waals surface area contributed by atoms with E-state index in [1.54, 1.807) is 12.4 Å². The normalized spacial score (nSPS) is 16.4. The number of aromatic nitrogens is 2. The first-order valence-corrected chi connectivity index (χ1v) is 12.5. The molecule has 6 heteroatoms. The summed E-state index contributed by atoms with van der Waals surface area (Å²) in [6, 6.07) is 15.8. The van der Waals surface area contributed by atoms with Crippen LogP contribution in [-0.2, 0) is 0 Å². The van der Waals surface area contributed by atoms with Crippen molar-refractivity contribution in [1.29, 1.82) is 0 Å². The lowest BCUT2D eigenvalue weighted by molar-refractivity contribution is 0.199. The number of ether oxygens (including phenoxy) is 2. The number of rotatable bonds is 5. The van der Waals surface area contributed by atoms with Crippen molar-refractivity contribution in [2.45, 2.75) is 63.6 Å². The standard InChI is InChI=1S/C16H18N2O.C10H12INO/c17-13-9-7-12(8-10-13)15-6-3-11-18-16(15)19-14-4-1-2-5-14;11-9-6-3-7-12-10(9)13-8-4-1-2-5-8/h3,6-11,14H,1-2,4-5,17H2;3,6-8H,1-2,4-5H2. The van der Waals surface area contributed by atoms with Crippen molar-refractivity contribution >= 4 is 28.3 Å². The lowest BCUT2D eigenvalue weighted by atomic mass is 10.1. The van der Waals surface area contributed by atoms with Gasteiger partial charge in [0.15, 0.2) is 0 Å². The molecule has 1 aromatic carbocycles. The number of halogens is 1. The minimum atomic E-state index is 0.322. The summed E-state index contributed by atoms with van der Waals surface area (Å²) in [5.41, 5.74) is 8.63. The Kier molecular flexibility index (Phi) is 8.20. The molecule has 0 saturated heterocycles. The molecule has 0 aliphatic heterocycles. The second-order valence-corrected chi connectivity index (χ2v) is 9.48. The summed E-state index contributed by atoms with van der Waals surface area (Å²) in [5.74, 6) is 1.54. The lowest BCUT2D eigenvalue weighted by Crippen LogP contribution is -2.12. The Hall–Kier alpha value is -2.35. The van der Waals surface area contributed by atoms with Crippen LogP contribution in [0, 0.1) is 3.57 Å². The van der Waals surface area contributed by atoms with Crippen molar-refractivity contribution in [3.63, 3.8) is 0 Å². The maximum absolute atomic E-state index is 6.05. The Balaban J connectivity index is 0.000000165. The third-order valence-corrected chi connectivity index (χ3v) is 6.70. The predicted molar refractivity (Wildman–Crippen MR) is 137 cm³/mol. The van der Waals surface area contributed by atoms with Crippen LogP contribution in [0.4, 0.5) is 5.69 Å². The van der Waals surface area contributed by atoms with Gasteiger partial charge in [-0.05, 0) is 116 Å². The van der Waals surface area contributed by atoms with E-state index in [0.717, 1.165) is 45.0 Å². The van der Waals surface area contributed by atoms with Gasteiger partial charge in [0.05, 0.1) is 3.57 Å². The van der Waals surface area contributed by atoms with Gasteiger partial charge in [0, 0.05) is 23.6 Å². The quantitative estimate of drug-likeness (QED) is 0.288. The zero-order chi connectivity index (χ0) is 22.2. The summed E-state index contributed by atoms with van der Waals surface area (Å²) in [6.45, 7) is 0. The molecule has 2 heterocycles. The van der Waals surface area contributed by atoms with Gasteiger partial charge in [-0.2, -0.15) is 0 Å². The summed E-state index contributed by atoms with van der Waals surface area (Å²) in [4.78, 5) is 8.60. The van der Waals surface area contributed by atoms with E-state index in [9.17, 15) is 0 Å². The van der Waals surface area contributed by atoms with Gasteiger partial charge in [-0.25, -0.2) is 9.97 Å². The van der Waals surface area contributed by atoms with Gasteiger partial charge in [0.1, 0.15) is 12.2 Å². The van der Waals surface area contributed by atoms with E-state index < -0.39 is 0 Å². The molecule has 2 aliphatic rings. The minimum Gasteiger partial charge on any atom is -0.474 e. The molecule has 0 radical (unpaired) electrons. The zero-order valence-electron chi connectivity index (χ0n) is 18.3. The van der Waals surface area contributed by atoms with Crippen LogP contribution in [-0.4, -0.2) is 22.2 Å². The van der Waals surface area contributed by atoms with E-state index >= 15 is 0 Å². The summed E-state index contributed by atoms with van der Waals surface area (Å²) < 4.78 is 12.9. The largest absolute Gasteiger partial charge is 0.474 e. The van der Waals surface area contributed by atoms with Crippen molar-refractivity contribution in [3.05, 3.63) is 64.5 Å². The van der Waals surface area contributed by atoms with Gasteiger partial charge >= 0.3 is 0 Å². The van der Waals surface area contributed by atoms with E-state index in [1.165, 1.54) is 38.5 Å². The van der Waals surface area contributed by atoms with Gasteiger partial charge < -0.3 is 15.2 Å². The Labute approximate surface area is 203 Å². The fourth-order valence-electron chi connectivity index (χ4n) is 4.15.